The minimum absolute atomic E-state index is 0.0763. The van der Waals surface area contributed by atoms with E-state index in [1.807, 2.05) is 0 Å². The van der Waals surface area contributed by atoms with Crippen molar-refractivity contribution in [1.82, 2.24) is 9.62 Å². The molecular formula is C17H26N2O5S. The molecule has 0 radical (unpaired) electrons. The summed E-state index contributed by atoms with van der Waals surface area (Å²) >= 11 is 0. The predicted molar refractivity (Wildman–Crippen MR) is 95.3 cm³/mol. The third-order valence-corrected chi connectivity index (χ3v) is 5.94. The van der Waals surface area contributed by atoms with Gasteiger partial charge in [0.25, 0.3) is 5.91 Å². The van der Waals surface area contributed by atoms with Crippen LogP contribution in [0.1, 0.15) is 25.7 Å². The van der Waals surface area contributed by atoms with Crippen molar-refractivity contribution in [2.24, 2.45) is 0 Å². The summed E-state index contributed by atoms with van der Waals surface area (Å²) in [5, 5.41) is 2.59. The molecule has 8 heteroatoms. The number of nitrogens with zero attached hydrogens (tertiary/aromatic N) is 1. The van der Waals surface area contributed by atoms with Crippen LogP contribution in [0.2, 0.25) is 0 Å². The Kier molecular flexibility index (Phi) is 7.52. The molecule has 1 aromatic rings. The quantitative estimate of drug-likeness (QED) is 0.748. The van der Waals surface area contributed by atoms with Crippen molar-refractivity contribution in [3.8, 4) is 11.5 Å². The summed E-state index contributed by atoms with van der Waals surface area (Å²) in [5.74, 6) is 0.557. The second-order valence-electron chi connectivity index (χ2n) is 5.92. The van der Waals surface area contributed by atoms with Crippen molar-refractivity contribution in [1.29, 1.82) is 0 Å². The fraction of sp³-hybridized carbons (Fsp3) is 0.588. The molecule has 0 aromatic heterocycles. The second kappa shape index (κ2) is 9.62. The topological polar surface area (TPSA) is 84.9 Å². The summed E-state index contributed by atoms with van der Waals surface area (Å²) in [6.45, 7) is 1.04. The van der Waals surface area contributed by atoms with Gasteiger partial charge in [0.05, 0.1) is 12.9 Å². The van der Waals surface area contributed by atoms with Gasteiger partial charge in [0.2, 0.25) is 10.0 Å². The van der Waals surface area contributed by atoms with Crippen LogP contribution in [0.15, 0.2) is 24.3 Å². The summed E-state index contributed by atoms with van der Waals surface area (Å²) in [5.41, 5.74) is 0. The first-order chi connectivity index (χ1) is 12.0. The molecular weight excluding hydrogens is 344 g/mol. The number of benzene rings is 1. The molecule has 0 saturated carbocycles. The third-order valence-electron chi connectivity index (χ3n) is 4.07. The molecule has 1 aliphatic rings. The Labute approximate surface area is 149 Å². The zero-order chi connectivity index (χ0) is 18.1. The van der Waals surface area contributed by atoms with Gasteiger partial charge in [-0.25, -0.2) is 12.7 Å². The molecule has 1 heterocycles. The van der Waals surface area contributed by atoms with E-state index >= 15 is 0 Å². The molecule has 25 heavy (non-hydrogen) atoms. The van der Waals surface area contributed by atoms with E-state index in [1.54, 1.807) is 24.3 Å². The van der Waals surface area contributed by atoms with Gasteiger partial charge in [-0.1, -0.05) is 25.0 Å². The molecule has 0 aliphatic carbocycles. The van der Waals surface area contributed by atoms with Gasteiger partial charge in [-0.15, -0.1) is 0 Å². The van der Waals surface area contributed by atoms with Gasteiger partial charge in [0.15, 0.2) is 18.1 Å². The number of para-hydroxylation sites is 2. The minimum Gasteiger partial charge on any atom is -0.493 e. The van der Waals surface area contributed by atoms with E-state index < -0.39 is 10.0 Å². The van der Waals surface area contributed by atoms with Crippen LogP contribution in [-0.4, -0.2) is 57.7 Å². The van der Waals surface area contributed by atoms with Crippen LogP contribution < -0.4 is 14.8 Å². The number of carbonyl (C=O) groups is 1. The molecule has 1 aromatic carbocycles. The lowest BCUT2D eigenvalue weighted by Crippen LogP contribution is -2.39. The number of ether oxygens (including phenoxy) is 2. The van der Waals surface area contributed by atoms with Crippen LogP contribution in [0.3, 0.4) is 0 Å². The van der Waals surface area contributed by atoms with Gasteiger partial charge >= 0.3 is 0 Å². The number of hydrogen-bond acceptors (Lipinski definition) is 5. The molecule has 1 amide bonds. The minimum atomic E-state index is -3.32. The summed E-state index contributed by atoms with van der Waals surface area (Å²) in [6.07, 6.45) is 3.95. The van der Waals surface area contributed by atoms with Crippen LogP contribution in [0.25, 0.3) is 0 Å². The number of sulfonamides is 1. The lowest BCUT2D eigenvalue weighted by atomic mass is 10.2. The van der Waals surface area contributed by atoms with Crippen LogP contribution in [-0.2, 0) is 14.8 Å². The maximum absolute atomic E-state index is 12.3. The normalized spacial score (nSPS) is 16.0. The van der Waals surface area contributed by atoms with Crippen LogP contribution in [0.5, 0.6) is 11.5 Å². The first-order valence-electron chi connectivity index (χ1n) is 8.53. The van der Waals surface area contributed by atoms with Crippen molar-refractivity contribution in [2.45, 2.75) is 25.7 Å². The van der Waals surface area contributed by atoms with Gasteiger partial charge in [0, 0.05) is 19.6 Å². The van der Waals surface area contributed by atoms with Crippen molar-refractivity contribution < 1.29 is 22.7 Å². The molecule has 0 unspecified atom stereocenters. The largest absolute Gasteiger partial charge is 0.493 e. The van der Waals surface area contributed by atoms with Gasteiger partial charge in [-0.3, -0.25) is 4.79 Å². The third kappa shape index (κ3) is 6.21. The van der Waals surface area contributed by atoms with Gasteiger partial charge in [-0.2, -0.15) is 0 Å². The molecule has 0 spiro atoms. The molecule has 1 fully saturated rings. The average molecular weight is 370 g/mol. The number of carbonyl (C=O) groups excluding carboxylic acids is 1. The van der Waals surface area contributed by atoms with E-state index in [2.05, 4.69) is 5.32 Å². The van der Waals surface area contributed by atoms with Gasteiger partial charge in [-0.05, 0) is 25.0 Å². The molecule has 140 valence electrons. The van der Waals surface area contributed by atoms with Crippen LogP contribution in [0.4, 0.5) is 0 Å². The standard InChI is InChI=1S/C17H26N2O5S/c1-23-15-8-4-5-9-16(15)24-14-17(20)18-10-13-25(21,22)19-11-6-2-3-7-12-19/h4-5,8-9H,2-3,6-7,10-14H2,1H3,(H,18,20). The lowest BCUT2D eigenvalue weighted by Gasteiger charge is -2.19. The molecule has 1 N–H and O–H groups in total. The summed E-state index contributed by atoms with van der Waals surface area (Å²) in [6, 6.07) is 7.03. The average Bonchev–Trinajstić information content (AvgIpc) is 2.90. The first-order valence-corrected chi connectivity index (χ1v) is 10.1. The van der Waals surface area contributed by atoms with Crippen LogP contribution >= 0.6 is 0 Å². The highest BCUT2D eigenvalue weighted by atomic mass is 32.2. The van der Waals surface area contributed by atoms with Crippen molar-refractivity contribution in [2.75, 3.05) is 39.1 Å². The lowest BCUT2D eigenvalue weighted by molar-refractivity contribution is -0.122. The fourth-order valence-corrected chi connectivity index (χ4v) is 4.13. The Hall–Kier alpha value is -1.80. The number of methoxy groups -OCH3 is 1. The highest BCUT2D eigenvalue weighted by Gasteiger charge is 2.22. The molecule has 0 bridgehead atoms. The summed E-state index contributed by atoms with van der Waals surface area (Å²) in [4.78, 5) is 11.8. The van der Waals surface area contributed by atoms with Crippen LogP contribution in [0, 0.1) is 0 Å². The molecule has 2 rings (SSSR count). The van der Waals surface area contributed by atoms with Gasteiger partial charge in [0.1, 0.15) is 0 Å². The van der Waals surface area contributed by atoms with E-state index in [0.717, 1.165) is 25.7 Å². The number of rotatable bonds is 8. The summed E-state index contributed by atoms with van der Waals surface area (Å²) < 4.78 is 36.7. The first kappa shape index (κ1) is 19.5. The Balaban J connectivity index is 1.74. The fourth-order valence-electron chi connectivity index (χ4n) is 2.70. The molecule has 1 aliphatic heterocycles. The number of nitrogens with one attached hydrogen (secondary N) is 1. The van der Waals surface area contributed by atoms with E-state index in [-0.39, 0.29) is 24.8 Å². The molecule has 0 atom stereocenters. The number of amides is 1. The maximum Gasteiger partial charge on any atom is 0.257 e. The SMILES string of the molecule is COc1ccccc1OCC(=O)NCCS(=O)(=O)N1CCCCCC1. The monoisotopic (exact) mass is 370 g/mol. The van der Waals surface area contributed by atoms with E-state index in [4.69, 9.17) is 9.47 Å². The highest BCUT2D eigenvalue weighted by molar-refractivity contribution is 7.89. The number of hydrogen-bond donors (Lipinski definition) is 1. The zero-order valence-electron chi connectivity index (χ0n) is 14.6. The van der Waals surface area contributed by atoms with E-state index in [1.165, 1.54) is 11.4 Å². The van der Waals surface area contributed by atoms with Gasteiger partial charge < -0.3 is 14.8 Å². The Morgan fingerprint density at radius 2 is 1.76 bits per heavy atom. The maximum atomic E-state index is 12.3. The Morgan fingerprint density at radius 1 is 1.12 bits per heavy atom. The smallest absolute Gasteiger partial charge is 0.257 e. The molecule has 7 nitrogen and oxygen atoms in total. The van der Waals surface area contributed by atoms with Crippen molar-refractivity contribution >= 4 is 15.9 Å². The predicted octanol–water partition coefficient (Wildman–Crippen LogP) is 1.40. The summed E-state index contributed by atoms with van der Waals surface area (Å²) in [7, 11) is -1.80. The Bertz CT molecular complexity index is 655. The van der Waals surface area contributed by atoms with E-state index in [0.29, 0.717) is 24.6 Å². The van der Waals surface area contributed by atoms with Crippen molar-refractivity contribution in [3.63, 3.8) is 0 Å². The Morgan fingerprint density at radius 3 is 2.40 bits per heavy atom. The second-order valence-corrected chi connectivity index (χ2v) is 8.01. The van der Waals surface area contributed by atoms with Crippen molar-refractivity contribution in [3.05, 3.63) is 24.3 Å². The zero-order valence-corrected chi connectivity index (χ0v) is 15.4. The highest BCUT2D eigenvalue weighted by Crippen LogP contribution is 2.25. The molecule has 1 saturated heterocycles. The van der Waals surface area contributed by atoms with E-state index in [9.17, 15) is 13.2 Å².